The van der Waals surface area contributed by atoms with Gasteiger partial charge in [0.05, 0.1) is 5.75 Å². The van der Waals surface area contributed by atoms with Crippen LogP contribution in [0, 0.1) is 0 Å². The van der Waals surface area contributed by atoms with Crippen LogP contribution in [0.25, 0.3) is 0 Å². The highest BCUT2D eigenvalue weighted by Crippen LogP contribution is 2.24. The number of amides is 2. The van der Waals surface area contributed by atoms with E-state index in [2.05, 4.69) is 15.9 Å². The van der Waals surface area contributed by atoms with Crippen LogP contribution in [0.15, 0.2) is 33.6 Å². The molecule has 2 N–H and O–H groups in total. The summed E-state index contributed by atoms with van der Waals surface area (Å²) in [5.74, 6) is -0.0794. The van der Waals surface area contributed by atoms with Crippen molar-refractivity contribution < 1.29 is 9.59 Å². The van der Waals surface area contributed by atoms with Crippen LogP contribution in [0.1, 0.15) is 19.3 Å². The Morgan fingerprint density at radius 3 is 2.90 bits per heavy atom. The number of carbonyl (C=O) groups excluding carboxylic acids is 2. The van der Waals surface area contributed by atoms with Crippen LogP contribution in [0.3, 0.4) is 0 Å². The summed E-state index contributed by atoms with van der Waals surface area (Å²) in [5.41, 5.74) is 5.38. The number of nitrogens with two attached hydrogens (primary N) is 1. The third-order valence-corrected chi connectivity index (χ3v) is 4.78. The van der Waals surface area contributed by atoms with E-state index in [9.17, 15) is 9.59 Å². The van der Waals surface area contributed by atoms with Gasteiger partial charge in [0.15, 0.2) is 0 Å². The Morgan fingerprint density at radius 1 is 1.40 bits per heavy atom. The smallest absolute Gasteiger partial charge is 0.240 e. The van der Waals surface area contributed by atoms with Gasteiger partial charge in [0, 0.05) is 15.9 Å². The molecule has 1 atom stereocenters. The van der Waals surface area contributed by atoms with E-state index >= 15 is 0 Å². The lowest BCUT2D eigenvalue weighted by molar-refractivity contribution is -0.138. The second-order valence-corrected chi connectivity index (χ2v) is 6.71. The number of thioether (sulfide) groups is 1. The largest absolute Gasteiger partial charge is 0.368 e. The molecule has 4 nitrogen and oxygen atoms in total. The minimum absolute atomic E-state index is 0.0153. The van der Waals surface area contributed by atoms with Crippen molar-refractivity contribution in [2.45, 2.75) is 30.2 Å². The third kappa shape index (κ3) is 3.99. The average Bonchev–Trinajstić information content (AvgIpc) is 2.45. The predicted molar refractivity (Wildman–Crippen MR) is 83.4 cm³/mol. The number of halogens is 1. The van der Waals surface area contributed by atoms with E-state index in [4.69, 9.17) is 5.73 Å². The Bertz CT molecular complexity index is 510. The third-order valence-electron chi connectivity index (χ3n) is 3.31. The van der Waals surface area contributed by atoms with Gasteiger partial charge in [-0.15, -0.1) is 11.8 Å². The Morgan fingerprint density at radius 2 is 2.20 bits per heavy atom. The molecule has 1 heterocycles. The summed E-state index contributed by atoms with van der Waals surface area (Å²) in [6.07, 6.45) is 2.58. The molecule has 2 amide bonds. The Balaban J connectivity index is 1.95. The first-order chi connectivity index (χ1) is 9.58. The normalized spacial score (nSPS) is 18.9. The number of carbonyl (C=O) groups is 2. The second kappa shape index (κ2) is 7.13. The van der Waals surface area contributed by atoms with Gasteiger partial charge in [0.25, 0.3) is 0 Å². The molecule has 20 heavy (non-hydrogen) atoms. The van der Waals surface area contributed by atoms with Gasteiger partial charge in [-0.3, -0.25) is 9.59 Å². The fourth-order valence-corrected chi connectivity index (χ4v) is 3.70. The highest BCUT2D eigenvalue weighted by Gasteiger charge is 2.30. The van der Waals surface area contributed by atoms with Crippen LogP contribution in [0.4, 0.5) is 0 Å². The number of likely N-dealkylation sites (tertiary alicyclic amines) is 1. The molecule has 0 radical (unpaired) electrons. The van der Waals surface area contributed by atoms with E-state index in [1.54, 1.807) is 4.90 Å². The van der Waals surface area contributed by atoms with Crippen LogP contribution in [0.2, 0.25) is 0 Å². The molecule has 1 aliphatic rings. The first-order valence-electron chi connectivity index (χ1n) is 6.55. The minimum Gasteiger partial charge on any atom is -0.368 e. The molecule has 6 heteroatoms. The zero-order valence-corrected chi connectivity index (χ0v) is 13.5. The molecule has 108 valence electrons. The highest BCUT2D eigenvalue weighted by atomic mass is 79.9. The molecule has 1 fully saturated rings. The zero-order valence-electron chi connectivity index (χ0n) is 11.0. The maximum Gasteiger partial charge on any atom is 0.240 e. The maximum atomic E-state index is 12.3. The molecule has 1 saturated heterocycles. The van der Waals surface area contributed by atoms with Crippen molar-refractivity contribution in [2.75, 3.05) is 12.3 Å². The molecule has 1 aliphatic heterocycles. The zero-order chi connectivity index (χ0) is 14.5. The number of piperidine rings is 1. The lowest BCUT2D eigenvalue weighted by atomic mass is 10.0. The number of hydrogen-bond donors (Lipinski definition) is 1. The molecule has 0 saturated carbocycles. The van der Waals surface area contributed by atoms with E-state index in [0.29, 0.717) is 18.7 Å². The number of hydrogen-bond acceptors (Lipinski definition) is 3. The van der Waals surface area contributed by atoms with Crippen molar-refractivity contribution in [3.05, 3.63) is 28.7 Å². The summed E-state index contributed by atoms with van der Waals surface area (Å²) in [6.45, 7) is 0.630. The van der Waals surface area contributed by atoms with E-state index in [0.717, 1.165) is 22.2 Å². The Hall–Kier alpha value is -1.01. The van der Waals surface area contributed by atoms with Crippen LogP contribution in [0.5, 0.6) is 0 Å². The standard InChI is InChI=1S/C14H17BrN2O2S/c15-10-4-3-5-11(8-10)20-9-13(18)17-7-2-1-6-12(17)14(16)19/h3-5,8,12H,1-2,6-7,9H2,(H2,16,19). The van der Waals surface area contributed by atoms with Crippen molar-refractivity contribution in [3.8, 4) is 0 Å². The second-order valence-electron chi connectivity index (χ2n) is 4.75. The van der Waals surface area contributed by atoms with Crippen LogP contribution in [-0.2, 0) is 9.59 Å². The molecular formula is C14H17BrN2O2S. The number of nitrogens with zero attached hydrogens (tertiary/aromatic N) is 1. The number of rotatable bonds is 4. The average molecular weight is 357 g/mol. The summed E-state index contributed by atoms with van der Waals surface area (Å²) in [7, 11) is 0. The van der Waals surface area contributed by atoms with Crippen molar-refractivity contribution in [2.24, 2.45) is 5.73 Å². The molecule has 0 bridgehead atoms. The maximum absolute atomic E-state index is 12.3. The van der Waals surface area contributed by atoms with Crippen LogP contribution < -0.4 is 5.73 Å². The Kier molecular flexibility index (Phi) is 5.48. The van der Waals surface area contributed by atoms with Gasteiger partial charge in [-0.05, 0) is 37.5 Å². The van der Waals surface area contributed by atoms with Crippen molar-refractivity contribution in [1.82, 2.24) is 4.90 Å². The van der Waals surface area contributed by atoms with Gasteiger partial charge in [-0.25, -0.2) is 0 Å². The SMILES string of the molecule is NC(=O)C1CCCCN1C(=O)CSc1cccc(Br)c1. The summed E-state index contributed by atoms with van der Waals surface area (Å²) >= 11 is 4.88. The van der Waals surface area contributed by atoms with Gasteiger partial charge < -0.3 is 10.6 Å². The van der Waals surface area contributed by atoms with Crippen LogP contribution >= 0.6 is 27.7 Å². The van der Waals surface area contributed by atoms with Crippen LogP contribution in [-0.4, -0.2) is 35.1 Å². The Labute approximate surface area is 131 Å². The number of benzene rings is 1. The number of primary amides is 1. The summed E-state index contributed by atoms with van der Waals surface area (Å²) in [4.78, 5) is 26.3. The first kappa shape index (κ1) is 15.4. The molecule has 1 aromatic rings. The van der Waals surface area contributed by atoms with Crippen molar-refractivity contribution in [3.63, 3.8) is 0 Å². The predicted octanol–water partition coefficient (Wildman–Crippen LogP) is 2.41. The highest BCUT2D eigenvalue weighted by molar-refractivity contribution is 9.10. The lowest BCUT2D eigenvalue weighted by Crippen LogP contribution is -2.51. The summed E-state index contributed by atoms with van der Waals surface area (Å²) in [6, 6.07) is 7.38. The minimum atomic E-state index is -0.431. The van der Waals surface area contributed by atoms with Gasteiger partial charge in [0.1, 0.15) is 6.04 Å². The molecule has 1 aromatic carbocycles. The van der Waals surface area contributed by atoms with Crippen molar-refractivity contribution in [1.29, 1.82) is 0 Å². The molecule has 1 unspecified atom stereocenters. The fourth-order valence-electron chi connectivity index (χ4n) is 2.31. The molecule has 0 spiro atoms. The van der Waals surface area contributed by atoms with Crippen molar-refractivity contribution >= 4 is 39.5 Å². The molecule has 0 aliphatic carbocycles. The molecular weight excluding hydrogens is 340 g/mol. The first-order valence-corrected chi connectivity index (χ1v) is 8.33. The van der Waals surface area contributed by atoms with E-state index in [-0.39, 0.29) is 5.91 Å². The van der Waals surface area contributed by atoms with E-state index in [1.807, 2.05) is 24.3 Å². The van der Waals surface area contributed by atoms with Gasteiger partial charge in [0.2, 0.25) is 11.8 Å². The molecule has 2 rings (SSSR count). The molecule has 0 aromatic heterocycles. The van der Waals surface area contributed by atoms with Gasteiger partial charge in [-0.1, -0.05) is 22.0 Å². The quantitative estimate of drug-likeness (QED) is 0.842. The van der Waals surface area contributed by atoms with E-state index < -0.39 is 11.9 Å². The fraction of sp³-hybridized carbons (Fsp3) is 0.429. The van der Waals surface area contributed by atoms with Gasteiger partial charge in [-0.2, -0.15) is 0 Å². The summed E-state index contributed by atoms with van der Waals surface area (Å²) < 4.78 is 0.989. The van der Waals surface area contributed by atoms with Gasteiger partial charge >= 0.3 is 0 Å². The monoisotopic (exact) mass is 356 g/mol. The topological polar surface area (TPSA) is 63.4 Å². The lowest BCUT2D eigenvalue weighted by Gasteiger charge is -2.33. The van der Waals surface area contributed by atoms with E-state index in [1.165, 1.54) is 11.8 Å². The summed E-state index contributed by atoms with van der Waals surface area (Å²) in [5, 5.41) is 0.